The zero-order valence-electron chi connectivity index (χ0n) is 15.5. The second-order valence-electron chi connectivity index (χ2n) is 8.72. The Balaban J connectivity index is 1.31. The first-order chi connectivity index (χ1) is 13.3. The van der Waals surface area contributed by atoms with Crippen molar-refractivity contribution in [1.82, 2.24) is 0 Å². The molecule has 4 saturated carbocycles. The van der Waals surface area contributed by atoms with Gasteiger partial charge in [-0.25, -0.2) is 0 Å². The molecule has 1 N–H and O–H groups in total. The number of halogens is 1. The van der Waals surface area contributed by atoms with Crippen LogP contribution in [0.5, 0.6) is 0 Å². The fourth-order valence-electron chi connectivity index (χ4n) is 5.96. The minimum atomic E-state index is -0.624. The first-order valence-electron chi connectivity index (χ1n) is 9.71. The lowest BCUT2D eigenvalue weighted by Gasteiger charge is -2.56. The molecule has 150 valence electrons. The summed E-state index contributed by atoms with van der Waals surface area (Å²) in [6.07, 6.45) is 7.56. The fraction of sp³-hybridized carbons (Fsp3) is 0.600. The molecule has 4 aliphatic rings. The van der Waals surface area contributed by atoms with E-state index in [1.165, 1.54) is 31.4 Å². The summed E-state index contributed by atoms with van der Waals surface area (Å²) < 4.78 is 5.19. The van der Waals surface area contributed by atoms with Gasteiger partial charge in [-0.15, -0.1) is 0 Å². The highest BCUT2D eigenvalue weighted by Crippen LogP contribution is 2.61. The molecule has 4 fully saturated rings. The Bertz CT molecular complexity index is 790. The number of hydrogen-bond acceptors (Lipinski definition) is 5. The van der Waals surface area contributed by atoms with Crippen LogP contribution in [0.4, 0.5) is 11.4 Å². The Morgan fingerprint density at radius 3 is 2.36 bits per heavy atom. The van der Waals surface area contributed by atoms with Gasteiger partial charge in [0.1, 0.15) is 5.69 Å². The van der Waals surface area contributed by atoms with Crippen molar-refractivity contribution in [1.29, 1.82) is 0 Å². The average Bonchev–Trinajstić information content (AvgIpc) is 2.60. The number of hydrogen-bond donors (Lipinski definition) is 1. The molecular formula is C20H23ClN2O5. The van der Waals surface area contributed by atoms with Gasteiger partial charge in [0.15, 0.2) is 6.61 Å². The van der Waals surface area contributed by atoms with Gasteiger partial charge in [0.05, 0.1) is 11.3 Å². The van der Waals surface area contributed by atoms with E-state index in [-0.39, 0.29) is 27.8 Å². The number of benzene rings is 1. The summed E-state index contributed by atoms with van der Waals surface area (Å²) in [6, 6.07) is 3.97. The summed E-state index contributed by atoms with van der Waals surface area (Å²) in [5.41, 5.74) is -0.227. The maximum absolute atomic E-state index is 12.4. The molecule has 1 aromatic carbocycles. The van der Waals surface area contributed by atoms with E-state index in [0.717, 1.165) is 43.1 Å². The molecule has 8 heteroatoms. The molecule has 0 atom stereocenters. The van der Waals surface area contributed by atoms with Crippen molar-refractivity contribution < 1.29 is 19.2 Å². The highest BCUT2D eigenvalue weighted by atomic mass is 35.5. The molecule has 0 heterocycles. The lowest BCUT2D eigenvalue weighted by molar-refractivity contribution is -0.383. The molecule has 4 aliphatic carbocycles. The molecule has 28 heavy (non-hydrogen) atoms. The average molecular weight is 407 g/mol. The van der Waals surface area contributed by atoms with Gasteiger partial charge in [-0.2, -0.15) is 0 Å². The first-order valence-corrected chi connectivity index (χ1v) is 10.1. The van der Waals surface area contributed by atoms with Crippen molar-refractivity contribution >= 4 is 34.9 Å². The molecule has 1 amide bonds. The van der Waals surface area contributed by atoms with Gasteiger partial charge in [0.25, 0.3) is 11.6 Å². The van der Waals surface area contributed by atoms with Crippen molar-refractivity contribution in [3.63, 3.8) is 0 Å². The Labute approximate surface area is 167 Å². The van der Waals surface area contributed by atoms with Crippen molar-refractivity contribution in [3.05, 3.63) is 33.3 Å². The standard InChI is InChI=1S/C20H23ClN2O5/c21-15-1-2-16(17(6-15)23(26)27)22-18(24)11-28-19(25)10-20-7-12-3-13(8-20)5-14(4-12)9-20/h1-2,6,12-14H,3-5,7-11H2,(H,22,24). The second kappa shape index (κ2) is 7.35. The van der Waals surface area contributed by atoms with Crippen LogP contribution in [-0.4, -0.2) is 23.4 Å². The van der Waals surface area contributed by atoms with Gasteiger partial charge in [0, 0.05) is 11.1 Å². The minimum absolute atomic E-state index is 0.0246. The second-order valence-corrected chi connectivity index (χ2v) is 9.16. The Morgan fingerprint density at radius 1 is 1.18 bits per heavy atom. The predicted molar refractivity (Wildman–Crippen MR) is 103 cm³/mol. The van der Waals surface area contributed by atoms with Gasteiger partial charge < -0.3 is 10.1 Å². The highest BCUT2D eigenvalue weighted by Gasteiger charge is 2.51. The summed E-state index contributed by atoms with van der Waals surface area (Å²) in [5.74, 6) is 1.26. The summed E-state index contributed by atoms with van der Waals surface area (Å²) in [4.78, 5) is 34.9. The topological polar surface area (TPSA) is 98.5 Å². The Kier molecular flexibility index (Phi) is 5.04. The number of nitrogens with one attached hydrogen (secondary N) is 1. The number of esters is 1. The van der Waals surface area contributed by atoms with Gasteiger partial charge in [-0.1, -0.05) is 11.6 Å². The summed E-state index contributed by atoms with van der Waals surface area (Å²) in [5, 5.41) is 13.7. The van der Waals surface area contributed by atoms with E-state index < -0.39 is 17.4 Å². The maximum atomic E-state index is 12.4. The number of anilines is 1. The molecule has 4 bridgehead atoms. The van der Waals surface area contributed by atoms with Crippen molar-refractivity contribution in [2.45, 2.75) is 44.9 Å². The van der Waals surface area contributed by atoms with Gasteiger partial charge in [0.2, 0.25) is 0 Å². The quantitative estimate of drug-likeness (QED) is 0.430. The number of nitro groups is 1. The van der Waals surface area contributed by atoms with Crippen LogP contribution in [0.1, 0.15) is 44.9 Å². The number of amides is 1. The van der Waals surface area contributed by atoms with Crippen LogP contribution in [0.25, 0.3) is 0 Å². The minimum Gasteiger partial charge on any atom is -0.456 e. The molecular weight excluding hydrogens is 384 g/mol. The number of carbonyl (C=O) groups is 2. The van der Waals surface area contributed by atoms with Crippen molar-refractivity contribution in [2.24, 2.45) is 23.2 Å². The van der Waals surface area contributed by atoms with Gasteiger partial charge in [-0.05, 0) is 73.8 Å². The van der Waals surface area contributed by atoms with Crippen LogP contribution in [0.15, 0.2) is 18.2 Å². The van der Waals surface area contributed by atoms with Crippen LogP contribution in [0.2, 0.25) is 5.02 Å². The third kappa shape index (κ3) is 3.99. The van der Waals surface area contributed by atoms with E-state index in [4.69, 9.17) is 16.3 Å². The molecule has 0 radical (unpaired) electrons. The molecule has 5 rings (SSSR count). The van der Waals surface area contributed by atoms with E-state index in [1.807, 2.05) is 0 Å². The normalized spacial score (nSPS) is 30.1. The number of nitrogens with zero attached hydrogens (tertiary/aromatic N) is 1. The molecule has 0 saturated heterocycles. The van der Waals surface area contributed by atoms with E-state index >= 15 is 0 Å². The molecule has 7 nitrogen and oxygen atoms in total. The molecule has 0 unspecified atom stereocenters. The third-order valence-electron chi connectivity index (χ3n) is 6.48. The Hall–Kier alpha value is -2.15. The molecule has 0 spiro atoms. The zero-order chi connectivity index (χ0) is 19.9. The van der Waals surface area contributed by atoms with Crippen LogP contribution in [0, 0.1) is 33.3 Å². The summed E-state index contributed by atoms with van der Waals surface area (Å²) >= 11 is 5.76. The van der Waals surface area contributed by atoms with Crippen LogP contribution >= 0.6 is 11.6 Å². The maximum Gasteiger partial charge on any atom is 0.306 e. The number of nitro benzene ring substituents is 1. The van der Waals surface area contributed by atoms with Crippen LogP contribution in [0.3, 0.4) is 0 Å². The number of ether oxygens (including phenoxy) is 1. The number of carbonyl (C=O) groups excluding carboxylic acids is 2. The summed E-state index contributed by atoms with van der Waals surface area (Å²) in [6.45, 7) is -0.453. The lowest BCUT2D eigenvalue weighted by atomic mass is 9.49. The predicted octanol–water partition coefficient (Wildman–Crippen LogP) is 4.34. The van der Waals surface area contributed by atoms with Crippen LogP contribution < -0.4 is 5.32 Å². The SMILES string of the molecule is O=C(COC(=O)CC12CC3CC(CC(C3)C1)C2)Nc1ccc(Cl)cc1[N+](=O)[O-]. The van der Waals surface area contributed by atoms with E-state index in [0.29, 0.717) is 6.42 Å². The Morgan fingerprint density at radius 2 is 1.79 bits per heavy atom. The van der Waals surface area contributed by atoms with Crippen molar-refractivity contribution in [3.8, 4) is 0 Å². The van der Waals surface area contributed by atoms with Crippen molar-refractivity contribution in [2.75, 3.05) is 11.9 Å². The molecule has 1 aromatic rings. The molecule has 0 aliphatic heterocycles. The molecule has 0 aromatic heterocycles. The smallest absolute Gasteiger partial charge is 0.306 e. The van der Waals surface area contributed by atoms with E-state index in [9.17, 15) is 19.7 Å². The zero-order valence-corrected chi connectivity index (χ0v) is 16.2. The van der Waals surface area contributed by atoms with Gasteiger partial charge in [-0.3, -0.25) is 19.7 Å². The third-order valence-corrected chi connectivity index (χ3v) is 6.71. The monoisotopic (exact) mass is 406 g/mol. The summed E-state index contributed by atoms with van der Waals surface area (Å²) in [7, 11) is 0. The number of rotatable bonds is 6. The van der Waals surface area contributed by atoms with E-state index in [1.54, 1.807) is 0 Å². The highest BCUT2D eigenvalue weighted by molar-refractivity contribution is 6.31. The fourth-order valence-corrected chi connectivity index (χ4v) is 6.12. The largest absolute Gasteiger partial charge is 0.456 e. The van der Waals surface area contributed by atoms with Crippen LogP contribution in [-0.2, 0) is 14.3 Å². The lowest BCUT2D eigenvalue weighted by Crippen LogP contribution is -2.47. The van der Waals surface area contributed by atoms with Gasteiger partial charge >= 0.3 is 5.97 Å². The first kappa shape index (κ1) is 19.2. The van der Waals surface area contributed by atoms with E-state index in [2.05, 4.69) is 5.32 Å².